The Morgan fingerprint density at radius 1 is 0.757 bits per heavy atom. The van der Waals surface area contributed by atoms with Crippen molar-refractivity contribution in [2.24, 2.45) is 0 Å². The summed E-state index contributed by atoms with van der Waals surface area (Å²) in [6.45, 7) is -0.351. The molecule has 0 saturated heterocycles. The van der Waals surface area contributed by atoms with Crippen LogP contribution in [0.15, 0.2) is 109 Å². The molecule has 4 nitrogen and oxygen atoms in total. The number of aryl methyl sites for hydroxylation is 1. The van der Waals surface area contributed by atoms with Crippen LogP contribution in [0.25, 0.3) is 45.0 Å². The van der Waals surface area contributed by atoms with Gasteiger partial charge in [0, 0.05) is 23.1 Å². The number of aromatic nitrogens is 2. The Balaban J connectivity index is 1.71. The van der Waals surface area contributed by atoms with Gasteiger partial charge in [0.2, 0.25) is 0 Å². The number of rotatable bonds is 9. The van der Waals surface area contributed by atoms with Crippen molar-refractivity contribution >= 4 is 5.97 Å². The van der Waals surface area contributed by atoms with Gasteiger partial charge in [-0.05, 0) is 23.1 Å². The number of nitrogens with zero attached hydrogens (tertiary/aromatic N) is 2. The fourth-order valence-corrected chi connectivity index (χ4v) is 4.72. The van der Waals surface area contributed by atoms with Crippen LogP contribution >= 0.6 is 0 Å². The zero-order valence-corrected chi connectivity index (χ0v) is 20.3. The van der Waals surface area contributed by atoms with Crippen molar-refractivity contribution in [3.8, 4) is 45.0 Å². The third-order valence-electron chi connectivity index (χ3n) is 6.40. The molecule has 1 heterocycles. The molecule has 0 radical (unpaired) electrons. The van der Waals surface area contributed by atoms with Crippen LogP contribution in [0.5, 0.6) is 0 Å². The zero-order valence-electron chi connectivity index (χ0n) is 20.3. The van der Waals surface area contributed by atoms with E-state index >= 15 is 0 Å². The molecule has 0 aliphatic rings. The Morgan fingerprint density at radius 3 is 2.05 bits per heavy atom. The highest BCUT2D eigenvalue weighted by molar-refractivity contribution is 5.87. The lowest BCUT2D eigenvalue weighted by molar-refractivity contribution is -0.136. The first kappa shape index (κ1) is 24.2. The van der Waals surface area contributed by atoms with E-state index in [1.54, 1.807) is 0 Å². The zero-order chi connectivity index (χ0) is 25.6. The molecule has 4 aromatic carbocycles. The maximum Gasteiger partial charge on any atom is 0.303 e. The van der Waals surface area contributed by atoms with E-state index in [4.69, 9.17) is 10.1 Å². The molecule has 5 aromatic rings. The minimum absolute atomic E-state index is 0.0763. The van der Waals surface area contributed by atoms with Crippen LogP contribution in [0.2, 0.25) is 0 Å². The average Bonchev–Trinajstić information content (AvgIpc) is 3.32. The quantitative estimate of drug-likeness (QED) is 0.232. The number of hydrogen-bond donors (Lipinski definition) is 1. The van der Waals surface area contributed by atoms with Crippen molar-refractivity contribution in [3.63, 3.8) is 0 Å². The number of benzene rings is 4. The monoisotopic (exact) mass is 490 g/mol. The Morgan fingerprint density at radius 2 is 1.38 bits per heavy atom. The van der Waals surface area contributed by atoms with Crippen molar-refractivity contribution in [3.05, 3.63) is 115 Å². The molecule has 1 N–H and O–H groups in total. The fraction of sp³-hybridized carbons (Fsp3) is 0.125. The normalized spacial score (nSPS) is 10.9. The summed E-state index contributed by atoms with van der Waals surface area (Å²) in [5.74, 6) is -0.122. The largest absolute Gasteiger partial charge is 0.481 e. The molecule has 0 unspecified atom stereocenters. The van der Waals surface area contributed by atoms with Crippen LogP contribution < -0.4 is 0 Å². The molecule has 0 fully saturated rings. The van der Waals surface area contributed by atoms with Gasteiger partial charge in [-0.1, -0.05) is 109 Å². The summed E-state index contributed by atoms with van der Waals surface area (Å²) in [7, 11) is 0. The predicted octanol–water partition coefficient (Wildman–Crippen LogP) is 7.54. The summed E-state index contributed by atoms with van der Waals surface area (Å²) >= 11 is 0. The molecule has 0 spiro atoms. The predicted molar refractivity (Wildman–Crippen MR) is 146 cm³/mol. The van der Waals surface area contributed by atoms with Crippen LogP contribution in [-0.2, 0) is 17.8 Å². The van der Waals surface area contributed by atoms with E-state index in [0.717, 1.165) is 44.8 Å². The van der Waals surface area contributed by atoms with E-state index in [0.29, 0.717) is 12.2 Å². The smallest absolute Gasteiger partial charge is 0.303 e. The summed E-state index contributed by atoms with van der Waals surface area (Å²) in [5.41, 5.74) is 7.40. The van der Waals surface area contributed by atoms with Crippen LogP contribution in [0.4, 0.5) is 4.39 Å². The van der Waals surface area contributed by atoms with Crippen LogP contribution in [0.1, 0.15) is 12.0 Å². The van der Waals surface area contributed by atoms with Crippen LogP contribution in [0.3, 0.4) is 0 Å². The Bertz CT molecular complexity index is 1510. The highest BCUT2D eigenvalue weighted by Crippen LogP contribution is 2.39. The second-order valence-electron chi connectivity index (χ2n) is 8.84. The highest BCUT2D eigenvalue weighted by Gasteiger charge is 2.22. The Labute approximate surface area is 215 Å². The lowest BCUT2D eigenvalue weighted by atomic mass is 9.96. The minimum atomic E-state index is -0.819. The number of carboxylic acid groups (broad SMARTS) is 1. The van der Waals surface area contributed by atoms with E-state index in [1.807, 2.05) is 114 Å². The third-order valence-corrected chi connectivity index (χ3v) is 6.40. The first-order valence-electron chi connectivity index (χ1n) is 12.3. The lowest BCUT2D eigenvalue weighted by Crippen LogP contribution is -2.05. The Kier molecular flexibility index (Phi) is 7.22. The van der Waals surface area contributed by atoms with Gasteiger partial charge in [0.25, 0.3) is 0 Å². The topological polar surface area (TPSA) is 55.1 Å². The summed E-state index contributed by atoms with van der Waals surface area (Å²) in [6.07, 6.45) is 0.533. The van der Waals surface area contributed by atoms with Gasteiger partial charge in [0.05, 0.1) is 17.9 Å². The number of aliphatic carboxylic acids is 1. The summed E-state index contributed by atoms with van der Waals surface area (Å²) in [5, 5.41) is 9.11. The number of halogens is 1. The molecule has 0 atom stereocenters. The second-order valence-corrected chi connectivity index (χ2v) is 8.84. The molecule has 5 rings (SSSR count). The number of carbonyl (C=O) groups is 1. The van der Waals surface area contributed by atoms with Crippen molar-refractivity contribution < 1.29 is 14.3 Å². The van der Waals surface area contributed by atoms with Crippen molar-refractivity contribution in [1.29, 1.82) is 0 Å². The van der Waals surface area contributed by atoms with Crippen molar-refractivity contribution in [2.75, 3.05) is 6.67 Å². The van der Waals surface area contributed by atoms with Gasteiger partial charge < -0.3 is 9.67 Å². The molecular weight excluding hydrogens is 463 g/mol. The summed E-state index contributed by atoms with van der Waals surface area (Å²) < 4.78 is 16.0. The van der Waals surface area contributed by atoms with Gasteiger partial charge in [-0.25, -0.2) is 9.37 Å². The van der Waals surface area contributed by atoms with Gasteiger partial charge in [0.1, 0.15) is 12.5 Å². The minimum Gasteiger partial charge on any atom is -0.481 e. The first-order valence-corrected chi connectivity index (χ1v) is 12.3. The van der Waals surface area contributed by atoms with Crippen LogP contribution in [-0.4, -0.2) is 27.3 Å². The van der Waals surface area contributed by atoms with Gasteiger partial charge in [-0.3, -0.25) is 4.79 Å². The number of hydrogen-bond acceptors (Lipinski definition) is 2. The van der Waals surface area contributed by atoms with E-state index in [2.05, 4.69) is 0 Å². The summed E-state index contributed by atoms with van der Waals surface area (Å²) in [4.78, 5) is 16.2. The van der Waals surface area contributed by atoms with E-state index in [1.165, 1.54) is 0 Å². The van der Waals surface area contributed by atoms with E-state index < -0.39 is 12.6 Å². The van der Waals surface area contributed by atoms with Crippen molar-refractivity contribution in [1.82, 2.24) is 9.55 Å². The maximum absolute atomic E-state index is 14.0. The molecule has 0 aliphatic carbocycles. The van der Waals surface area contributed by atoms with Gasteiger partial charge >= 0.3 is 5.97 Å². The SMILES string of the molecule is O=C(O)CCc1cccc(-c2ccccc2-c2nc(-c3ccccc3)c(-c3ccccc3)n2CCF)c1. The molecule has 0 bridgehead atoms. The number of imidazole rings is 1. The van der Waals surface area contributed by atoms with E-state index in [9.17, 15) is 9.18 Å². The first-order chi connectivity index (χ1) is 18.2. The number of alkyl halides is 1. The van der Waals surface area contributed by atoms with Crippen LogP contribution in [0, 0.1) is 0 Å². The number of carboxylic acids is 1. The molecule has 0 amide bonds. The third kappa shape index (κ3) is 5.21. The average molecular weight is 491 g/mol. The molecule has 184 valence electrons. The maximum atomic E-state index is 14.0. The molecule has 5 heteroatoms. The molecule has 0 aliphatic heterocycles. The standard InChI is InChI=1S/C32H27FN2O2/c33-20-21-35-31(25-13-5-2-6-14-25)30(24-11-3-1-4-12-24)34-32(35)28-17-8-7-16-27(28)26-15-9-10-23(22-26)18-19-29(36)37/h1-17,22H,18-21H2,(H,36,37). The van der Waals surface area contributed by atoms with E-state index in [-0.39, 0.29) is 13.0 Å². The molecule has 37 heavy (non-hydrogen) atoms. The fourth-order valence-electron chi connectivity index (χ4n) is 4.72. The van der Waals surface area contributed by atoms with Gasteiger partial charge in [0.15, 0.2) is 0 Å². The Hall–Kier alpha value is -4.51. The molecular formula is C32H27FN2O2. The molecule has 0 saturated carbocycles. The summed E-state index contributed by atoms with van der Waals surface area (Å²) in [6, 6.07) is 35.9. The van der Waals surface area contributed by atoms with Gasteiger partial charge in [-0.15, -0.1) is 0 Å². The highest BCUT2D eigenvalue weighted by atomic mass is 19.1. The molecule has 1 aromatic heterocycles. The second kappa shape index (κ2) is 11.0. The lowest BCUT2D eigenvalue weighted by Gasteiger charge is -2.14. The van der Waals surface area contributed by atoms with Gasteiger partial charge in [-0.2, -0.15) is 0 Å². The van der Waals surface area contributed by atoms with Crippen molar-refractivity contribution in [2.45, 2.75) is 19.4 Å².